The molecule has 0 bridgehead atoms. The number of hydrogen-bond acceptors (Lipinski definition) is 3. The van der Waals surface area contributed by atoms with Gasteiger partial charge in [0.2, 0.25) is 0 Å². The van der Waals surface area contributed by atoms with Crippen molar-refractivity contribution in [3.8, 4) is 11.5 Å². The third-order valence-electron chi connectivity index (χ3n) is 3.82. The van der Waals surface area contributed by atoms with E-state index < -0.39 is 17.8 Å². The van der Waals surface area contributed by atoms with E-state index in [1.54, 1.807) is 18.2 Å². The van der Waals surface area contributed by atoms with Gasteiger partial charge in [-0.15, -0.1) is 0 Å². The van der Waals surface area contributed by atoms with Crippen LogP contribution in [0.15, 0.2) is 57.5 Å². The Balaban J connectivity index is 1.79. The number of urea groups is 1. The van der Waals surface area contributed by atoms with E-state index in [1.165, 1.54) is 24.3 Å². The van der Waals surface area contributed by atoms with Crippen LogP contribution in [0.3, 0.4) is 0 Å². The van der Waals surface area contributed by atoms with Gasteiger partial charge in [-0.1, -0.05) is 62.9 Å². The van der Waals surface area contributed by atoms with Gasteiger partial charge in [-0.05, 0) is 46.3 Å². The molecule has 3 aromatic rings. The van der Waals surface area contributed by atoms with Crippen LogP contribution in [0.25, 0.3) is 0 Å². The molecule has 0 fully saturated rings. The number of carbonyl (C=O) groups is 2. The standard InChI is InChI=1S/C20H10Br2Cl3FN2O3/c21-9-5-6-14(11(22)7-9)31-15-8-12(23)18(17(25)16(15)24)27-20(30)28-19(29)10-3-1-2-4-13(10)26/h1-8H,(H2,27,28,29,30). The van der Waals surface area contributed by atoms with E-state index in [-0.39, 0.29) is 32.1 Å². The molecule has 0 heterocycles. The maximum atomic E-state index is 13.7. The average Bonchev–Trinajstić information content (AvgIpc) is 2.71. The smallest absolute Gasteiger partial charge is 0.326 e. The second kappa shape index (κ2) is 10.2. The van der Waals surface area contributed by atoms with Crippen molar-refractivity contribution in [1.29, 1.82) is 0 Å². The van der Waals surface area contributed by atoms with Crippen molar-refractivity contribution in [3.05, 3.63) is 83.9 Å². The molecule has 0 spiro atoms. The Hall–Kier alpha value is -1.84. The molecule has 3 amide bonds. The first-order valence-corrected chi connectivity index (χ1v) is 11.1. The minimum absolute atomic E-state index is 0.00567. The van der Waals surface area contributed by atoms with Crippen molar-refractivity contribution in [1.82, 2.24) is 5.32 Å². The first-order chi connectivity index (χ1) is 14.7. The summed E-state index contributed by atoms with van der Waals surface area (Å²) in [6, 6.07) is 10.8. The number of ether oxygens (including phenoxy) is 1. The van der Waals surface area contributed by atoms with Crippen molar-refractivity contribution >= 4 is 84.3 Å². The summed E-state index contributed by atoms with van der Waals surface area (Å²) in [4.78, 5) is 24.3. The summed E-state index contributed by atoms with van der Waals surface area (Å²) in [6.45, 7) is 0. The molecular weight excluding hydrogens is 601 g/mol. The Bertz CT molecular complexity index is 1190. The Morgan fingerprint density at radius 3 is 2.32 bits per heavy atom. The van der Waals surface area contributed by atoms with Gasteiger partial charge in [-0.3, -0.25) is 10.1 Å². The fourth-order valence-corrected chi connectivity index (χ4v) is 4.25. The molecule has 5 nitrogen and oxygen atoms in total. The number of hydrogen-bond donors (Lipinski definition) is 2. The minimum atomic E-state index is -0.975. The number of amides is 3. The van der Waals surface area contributed by atoms with Gasteiger partial charge >= 0.3 is 6.03 Å². The van der Waals surface area contributed by atoms with Crippen molar-refractivity contribution in [2.24, 2.45) is 0 Å². The zero-order valence-electron chi connectivity index (χ0n) is 15.1. The largest absolute Gasteiger partial charge is 0.455 e. The quantitative estimate of drug-likeness (QED) is 0.294. The summed E-state index contributed by atoms with van der Waals surface area (Å²) >= 11 is 25.5. The molecule has 0 atom stereocenters. The van der Waals surface area contributed by atoms with E-state index in [2.05, 4.69) is 37.2 Å². The summed E-state index contributed by atoms with van der Waals surface area (Å²) in [5.41, 5.74) is -0.342. The lowest BCUT2D eigenvalue weighted by molar-refractivity contribution is 0.0963. The van der Waals surface area contributed by atoms with Gasteiger partial charge in [0.1, 0.15) is 22.3 Å². The highest BCUT2D eigenvalue weighted by Crippen LogP contribution is 2.45. The van der Waals surface area contributed by atoms with Gasteiger partial charge in [-0.25, -0.2) is 9.18 Å². The highest BCUT2D eigenvalue weighted by molar-refractivity contribution is 9.11. The lowest BCUT2D eigenvalue weighted by Gasteiger charge is -2.15. The first kappa shape index (κ1) is 23.8. The molecule has 0 aliphatic rings. The Kier molecular flexibility index (Phi) is 7.82. The zero-order valence-corrected chi connectivity index (χ0v) is 20.6. The average molecular weight is 611 g/mol. The van der Waals surface area contributed by atoms with Crippen LogP contribution >= 0.6 is 66.7 Å². The molecule has 0 saturated heterocycles. The lowest BCUT2D eigenvalue weighted by Crippen LogP contribution is -2.35. The van der Waals surface area contributed by atoms with Gasteiger partial charge in [0, 0.05) is 10.5 Å². The molecular formula is C20H10Br2Cl3FN2O3. The highest BCUT2D eigenvalue weighted by Gasteiger charge is 2.20. The summed E-state index contributed by atoms with van der Waals surface area (Å²) in [6.07, 6.45) is 0. The molecule has 11 heteroatoms. The van der Waals surface area contributed by atoms with E-state index in [1.807, 2.05) is 5.32 Å². The number of halogens is 6. The fourth-order valence-electron chi connectivity index (χ4n) is 2.40. The maximum Gasteiger partial charge on any atom is 0.326 e. The summed E-state index contributed by atoms with van der Waals surface area (Å²) in [5.74, 6) is -1.11. The van der Waals surface area contributed by atoms with Crippen LogP contribution in [0, 0.1) is 5.82 Å². The number of benzene rings is 3. The summed E-state index contributed by atoms with van der Waals surface area (Å²) < 4.78 is 20.9. The third-order valence-corrected chi connectivity index (χ3v) is 6.08. The second-order valence-electron chi connectivity index (χ2n) is 5.92. The maximum absolute atomic E-state index is 13.7. The summed E-state index contributed by atoms with van der Waals surface area (Å²) in [7, 11) is 0. The van der Waals surface area contributed by atoms with E-state index in [0.29, 0.717) is 10.2 Å². The molecule has 2 N–H and O–H groups in total. The highest BCUT2D eigenvalue weighted by atomic mass is 79.9. The predicted molar refractivity (Wildman–Crippen MR) is 126 cm³/mol. The van der Waals surface area contributed by atoms with Crippen LogP contribution in [0.1, 0.15) is 10.4 Å². The topological polar surface area (TPSA) is 67.4 Å². The second-order valence-corrected chi connectivity index (χ2v) is 8.86. The molecule has 0 saturated carbocycles. The van der Waals surface area contributed by atoms with E-state index >= 15 is 0 Å². The van der Waals surface area contributed by atoms with Crippen LogP contribution in [-0.2, 0) is 0 Å². The van der Waals surface area contributed by atoms with Crippen LogP contribution in [0.2, 0.25) is 15.1 Å². The Labute approximate surface area is 208 Å². The van der Waals surface area contributed by atoms with Crippen molar-refractivity contribution < 1.29 is 18.7 Å². The number of rotatable bonds is 4. The molecule has 0 aliphatic carbocycles. The van der Waals surface area contributed by atoms with Gasteiger partial charge < -0.3 is 10.1 Å². The predicted octanol–water partition coefficient (Wildman–Crippen LogP) is 8.07. The molecule has 0 aromatic heterocycles. The molecule has 160 valence electrons. The van der Waals surface area contributed by atoms with Gasteiger partial charge in [0.15, 0.2) is 0 Å². The number of imide groups is 1. The fraction of sp³-hybridized carbons (Fsp3) is 0. The third kappa shape index (κ3) is 5.70. The Morgan fingerprint density at radius 1 is 0.935 bits per heavy atom. The molecule has 3 aromatic carbocycles. The molecule has 3 rings (SSSR count). The molecule has 0 unspecified atom stereocenters. The van der Waals surface area contributed by atoms with Gasteiger partial charge in [0.25, 0.3) is 5.91 Å². The number of anilines is 1. The van der Waals surface area contributed by atoms with E-state index in [4.69, 9.17) is 39.5 Å². The van der Waals surface area contributed by atoms with Gasteiger partial charge in [-0.2, -0.15) is 0 Å². The number of nitrogens with one attached hydrogen (secondary N) is 2. The van der Waals surface area contributed by atoms with Crippen LogP contribution in [0.4, 0.5) is 14.9 Å². The molecule has 0 aliphatic heterocycles. The van der Waals surface area contributed by atoms with Crippen molar-refractivity contribution in [2.75, 3.05) is 5.32 Å². The number of carbonyl (C=O) groups excluding carboxylic acids is 2. The normalized spacial score (nSPS) is 10.5. The van der Waals surface area contributed by atoms with Crippen molar-refractivity contribution in [2.45, 2.75) is 0 Å². The van der Waals surface area contributed by atoms with E-state index in [9.17, 15) is 14.0 Å². The molecule has 31 heavy (non-hydrogen) atoms. The lowest BCUT2D eigenvalue weighted by atomic mass is 10.2. The molecule has 0 radical (unpaired) electrons. The SMILES string of the molecule is O=C(NC(=O)c1ccccc1F)Nc1c(Cl)cc(Oc2ccc(Br)cc2Br)c(Cl)c1Cl. The zero-order chi connectivity index (χ0) is 22.7. The monoisotopic (exact) mass is 608 g/mol. The minimum Gasteiger partial charge on any atom is -0.455 e. The summed E-state index contributed by atoms with van der Waals surface area (Å²) in [5, 5.41) is 4.22. The van der Waals surface area contributed by atoms with Crippen LogP contribution in [0.5, 0.6) is 11.5 Å². The van der Waals surface area contributed by atoms with Crippen LogP contribution in [-0.4, -0.2) is 11.9 Å². The van der Waals surface area contributed by atoms with Crippen molar-refractivity contribution in [3.63, 3.8) is 0 Å². The first-order valence-electron chi connectivity index (χ1n) is 8.34. The van der Waals surface area contributed by atoms with Crippen LogP contribution < -0.4 is 15.4 Å². The Morgan fingerprint density at radius 2 is 1.65 bits per heavy atom. The van der Waals surface area contributed by atoms with Gasteiger partial charge in [0.05, 0.1) is 25.8 Å². The van der Waals surface area contributed by atoms with E-state index in [0.717, 1.165) is 10.5 Å².